The number of nitrogens with zero attached hydrogens (tertiary/aromatic N) is 2. The second-order valence-electron chi connectivity index (χ2n) is 4.52. The summed E-state index contributed by atoms with van der Waals surface area (Å²) in [5, 5.41) is 17.4. The number of nitrogens with one attached hydrogen (secondary N) is 2. The molecule has 0 saturated carbocycles. The third-order valence-electron chi connectivity index (χ3n) is 3.12. The van der Waals surface area contributed by atoms with E-state index >= 15 is 0 Å². The molecule has 1 aliphatic heterocycles. The van der Waals surface area contributed by atoms with Crippen LogP contribution in [0, 0.1) is 6.92 Å². The molecular weight excluding hydrogens is 264 g/mol. The van der Waals surface area contributed by atoms with Crippen LogP contribution in [0.3, 0.4) is 0 Å². The van der Waals surface area contributed by atoms with E-state index < -0.39 is 0 Å². The van der Waals surface area contributed by atoms with Gasteiger partial charge in [0.1, 0.15) is 0 Å². The third-order valence-corrected chi connectivity index (χ3v) is 3.98. The molecule has 0 bridgehead atoms. The van der Waals surface area contributed by atoms with Gasteiger partial charge in [0.05, 0.1) is 11.6 Å². The molecule has 100 valence electrons. The van der Waals surface area contributed by atoms with Crippen LogP contribution in [-0.4, -0.2) is 22.6 Å². The van der Waals surface area contributed by atoms with Crippen LogP contribution in [0.25, 0.3) is 0 Å². The van der Waals surface area contributed by atoms with Crippen LogP contribution < -0.4 is 10.6 Å². The Morgan fingerprint density at radius 1 is 1.53 bits per heavy atom. The van der Waals surface area contributed by atoms with E-state index in [1.807, 2.05) is 12.3 Å². The molecule has 0 spiro atoms. The van der Waals surface area contributed by atoms with Gasteiger partial charge in [-0.3, -0.25) is 10.1 Å². The van der Waals surface area contributed by atoms with Gasteiger partial charge >= 0.3 is 6.01 Å². The van der Waals surface area contributed by atoms with Crippen molar-refractivity contribution in [1.82, 2.24) is 15.5 Å². The summed E-state index contributed by atoms with van der Waals surface area (Å²) >= 11 is 1.49. The fourth-order valence-corrected chi connectivity index (χ4v) is 2.91. The van der Waals surface area contributed by atoms with Crippen LogP contribution >= 0.6 is 11.3 Å². The number of carbonyl (C=O) groups excluding carboxylic acids is 1. The maximum atomic E-state index is 12.0. The molecule has 2 N–H and O–H groups in total. The number of hydrogen-bond donors (Lipinski definition) is 2. The Bertz CT molecular complexity index is 586. The zero-order valence-corrected chi connectivity index (χ0v) is 11.3. The molecule has 1 unspecified atom stereocenters. The first-order valence-corrected chi connectivity index (χ1v) is 7.09. The maximum Gasteiger partial charge on any atom is 0.322 e. The van der Waals surface area contributed by atoms with E-state index in [4.69, 9.17) is 4.42 Å². The van der Waals surface area contributed by atoms with Crippen molar-refractivity contribution in [2.75, 3.05) is 11.9 Å². The maximum absolute atomic E-state index is 12.0. The van der Waals surface area contributed by atoms with Crippen molar-refractivity contribution in [1.29, 1.82) is 0 Å². The Morgan fingerprint density at radius 2 is 2.42 bits per heavy atom. The van der Waals surface area contributed by atoms with Crippen LogP contribution in [-0.2, 0) is 0 Å². The van der Waals surface area contributed by atoms with Crippen LogP contribution in [0.2, 0.25) is 0 Å². The number of thiophene rings is 1. The van der Waals surface area contributed by atoms with Gasteiger partial charge in [-0.25, -0.2) is 0 Å². The second kappa shape index (κ2) is 5.10. The average molecular weight is 278 g/mol. The van der Waals surface area contributed by atoms with E-state index in [0.717, 1.165) is 24.9 Å². The van der Waals surface area contributed by atoms with Crippen molar-refractivity contribution in [3.05, 3.63) is 27.8 Å². The average Bonchev–Trinajstić information content (AvgIpc) is 3.07. The molecule has 1 amide bonds. The molecule has 0 radical (unpaired) electrons. The summed E-state index contributed by atoms with van der Waals surface area (Å²) in [6, 6.07) is 0.264. The highest BCUT2D eigenvalue weighted by Crippen LogP contribution is 2.23. The quantitative estimate of drug-likeness (QED) is 0.899. The molecule has 1 atom stereocenters. The van der Waals surface area contributed by atoms with E-state index in [2.05, 4.69) is 20.8 Å². The number of carbonyl (C=O) groups is 1. The monoisotopic (exact) mass is 278 g/mol. The molecule has 0 aromatic carbocycles. The van der Waals surface area contributed by atoms with Crippen molar-refractivity contribution in [3.8, 4) is 0 Å². The molecule has 1 fully saturated rings. The van der Waals surface area contributed by atoms with Crippen LogP contribution in [0.5, 0.6) is 0 Å². The number of aromatic nitrogens is 2. The van der Waals surface area contributed by atoms with Gasteiger partial charge in [-0.15, -0.1) is 5.10 Å². The van der Waals surface area contributed by atoms with Crippen molar-refractivity contribution in [3.63, 3.8) is 0 Å². The van der Waals surface area contributed by atoms with Gasteiger partial charge in [0.2, 0.25) is 5.89 Å². The van der Waals surface area contributed by atoms with Gasteiger partial charge in [-0.05, 0) is 37.3 Å². The smallest absolute Gasteiger partial charge is 0.322 e. The molecular formula is C12H14N4O2S. The standard InChI is InChI=1S/C12H14N4O2S/c1-7-5-19-6-8(7)10(17)14-12-16-15-11(18-12)9-3-2-4-13-9/h5-6,9,13H,2-4H2,1H3,(H,14,16,17). The number of hydrogen-bond acceptors (Lipinski definition) is 6. The minimum Gasteiger partial charge on any atom is -0.406 e. The zero-order valence-electron chi connectivity index (χ0n) is 10.5. The molecule has 2 aromatic rings. The summed E-state index contributed by atoms with van der Waals surface area (Å²) in [6.07, 6.45) is 2.09. The molecule has 3 rings (SSSR count). The highest BCUT2D eigenvalue weighted by molar-refractivity contribution is 7.08. The van der Waals surface area contributed by atoms with Crippen molar-refractivity contribution in [2.45, 2.75) is 25.8 Å². The lowest BCUT2D eigenvalue weighted by Gasteiger charge is -2.02. The number of rotatable bonds is 3. The van der Waals surface area contributed by atoms with Crippen LogP contribution in [0.15, 0.2) is 15.2 Å². The molecule has 19 heavy (non-hydrogen) atoms. The van der Waals surface area contributed by atoms with Gasteiger partial charge in [-0.1, -0.05) is 5.10 Å². The Morgan fingerprint density at radius 3 is 3.11 bits per heavy atom. The molecule has 3 heterocycles. The number of aryl methyl sites for hydroxylation is 1. The minimum atomic E-state index is -0.215. The van der Waals surface area contributed by atoms with Crippen LogP contribution in [0.4, 0.5) is 6.01 Å². The molecule has 1 aliphatic rings. The molecule has 0 aliphatic carbocycles. The summed E-state index contributed by atoms with van der Waals surface area (Å²) < 4.78 is 5.46. The molecule has 7 heteroatoms. The normalized spacial score (nSPS) is 18.7. The number of anilines is 1. The minimum absolute atomic E-state index is 0.112. The predicted octanol–water partition coefficient (Wildman–Crippen LogP) is 2.12. The molecule has 2 aromatic heterocycles. The molecule has 1 saturated heterocycles. The zero-order chi connectivity index (χ0) is 13.2. The van der Waals surface area contributed by atoms with E-state index in [9.17, 15) is 4.79 Å². The highest BCUT2D eigenvalue weighted by Gasteiger charge is 2.22. The van der Waals surface area contributed by atoms with E-state index in [1.165, 1.54) is 11.3 Å². The molecule has 6 nitrogen and oxygen atoms in total. The van der Waals surface area contributed by atoms with Crippen molar-refractivity contribution < 1.29 is 9.21 Å². The van der Waals surface area contributed by atoms with E-state index in [0.29, 0.717) is 11.5 Å². The predicted molar refractivity (Wildman–Crippen MR) is 71.3 cm³/mol. The van der Waals surface area contributed by atoms with Gasteiger partial charge in [-0.2, -0.15) is 11.3 Å². The summed E-state index contributed by atoms with van der Waals surface area (Å²) in [4.78, 5) is 12.0. The highest BCUT2D eigenvalue weighted by atomic mass is 32.1. The van der Waals surface area contributed by atoms with Gasteiger partial charge in [0.25, 0.3) is 5.91 Å². The number of amides is 1. The van der Waals surface area contributed by atoms with Crippen LogP contribution in [0.1, 0.15) is 40.7 Å². The van der Waals surface area contributed by atoms with E-state index in [-0.39, 0.29) is 18.0 Å². The lowest BCUT2D eigenvalue weighted by Crippen LogP contribution is -2.13. The SMILES string of the molecule is Cc1cscc1C(=O)Nc1nnc(C2CCCN2)o1. The Kier molecular flexibility index (Phi) is 3.31. The summed E-state index contributed by atoms with van der Waals surface area (Å²) in [5.74, 6) is 0.322. The first-order valence-electron chi connectivity index (χ1n) is 6.15. The summed E-state index contributed by atoms with van der Waals surface area (Å²) in [6.45, 7) is 2.86. The van der Waals surface area contributed by atoms with Crippen molar-refractivity contribution in [2.24, 2.45) is 0 Å². The largest absolute Gasteiger partial charge is 0.406 e. The summed E-state index contributed by atoms with van der Waals surface area (Å²) in [7, 11) is 0. The lowest BCUT2D eigenvalue weighted by atomic mass is 10.2. The third kappa shape index (κ3) is 2.52. The van der Waals surface area contributed by atoms with Gasteiger partial charge < -0.3 is 9.73 Å². The van der Waals surface area contributed by atoms with Gasteiger partial charge in [0.15, 0.2) is 0 Å². The van der Waals surface area contributed by atoms with Gasteiger partial charge in [0, 0.05) is 5.38 Å². The van der Waals surface area contributed by atoms with E-state index in [1.54, 1.807) is 5.38 Å². The fourth-order valence-electron chi connectivity index (χ4n) is 2.08. The Labute approximate surface area is 114 Å². The summed E-state index contributed by atoms with van der Waals surface area (Å²) in [5.41, 5.74) is 1.59. The Hall–Kier alpha value is -1.73. The fraction of sp³-hybridized carbons (Fsp3) is 0.417. The first-order chi connectivity index (χ1) is 9.24. The van der Waals surface area contributed by atoms with Crippen molar-refractivity contribution >= 4 is 23.3 Å². The first kappa shape index (κ1) is 12.3. The lowest BCUT2D eigenvalue weighted by molar-refractivity contribution is 0.102. The second-order valence-corrected chi connectivity index (χ2v) is 5.26. The Balaban J connectivity index is 1.70. The topological polar surface area (TPSA) is 80.0 Å².